The molecular formula is C17H22N2O4S. The van der Waals surface area contributed by atoms with Crippen molar-refractivity contribution in [3.8, 4) is 11.5 Å². The molecule has 1 fully saturated rings. The second kappa shape index (κ2) is 8.03. The Morgan fingerprint density at radius 1 is 1.25 bits per heavy atom. The van der Waals surface area contributed by atoms with E-state index in [1.165, 1.54) is 0 Å². The van der Waals surface area contributed by atoms with Gasteiger partial charge in [0, 0.05) is 30.2 Å². The van der Waals surface area contributed by atoms with E-state index in [4.69, 9.17) is 9.47 Å². The van der Waals surface area contributed by atoms with Crippen LogP contribution < -0.4 is 19.7 Å². The third-order valence-corrected chi connectivity index (χ3v) is 4.76. The molecule has 1 amide bonds. The topological polar surface area (TPSA) is 82.3 Å². The molecule has 2 heterocycles. The molecule has 0 saturated carbocycles. The maximum absolute atomic E-state index is 12.3. The highest BCUT2D eigenvalue weighted by Crippen LogP contribution is 2.33. The zero-order valence-corrected chi connectivity index (χ0v) is 14.6. The van der Waals surface area contributed by atoms with Crippen molar-refractivity contribution in [1.82, 2.24) is 0 Å². The number of methoxy groups -OCH3 is 2. The second-order valence-corrected chi connectivity index (χ2v) is 6.25. The van der Waals surface area contributed by atoms with E-state index in [1.807, 2.05) is 35.0 Å². The highest BCUT2D eigenvalue weighted by Gasteiger charge is 2.29. The van der Waals surface area contributed by atoms with Gasteiger partial charge in [-0.1, -0.05) is 0 Å². The summed E-state index contributed by atoms with van der Waals surface area (Å²) in [4.78, 5) is 14.5. The molecule has 0 bridgehead atoms. The Kier molecular flexibility index (Phi) is 6.05. The monoisotopic (exact) mass is 350 g/mol. The summed E-state index contributed by atoms with van der Waals surface area (Å²) in [6.45, 7) is 1.57. The molecular weight excluding hydrogens is 328 g/mol. The van der Waals surface area contributed by atoms with Gasteiger partial charge in [-0.15, -0.1) is 0 Å². The number of ether oxygens (including phenoxy) is 2. The molecule has 0 aliphatic carbocycles. The van der Waals surface area contributed by atoms with Crippen LogP contribution in [0.5, 0.6) is 11.5 Å². The number of amides is 1. The summed E-state index contributed by atoms with van der Waals surface area (Å²) >= 11 is 1.58. The first-order valence-electron chi connectivity index (χ1n) is 7.51. The number of benzene rings is 1. The van der Waals surface area contributed by atoms with Gasteiger partial charge in [0.15, 0.2) is 11.5 Å². The van der Waals surface area contributed by atoms with Crippen LogP contribution in [-0.2, 0) is 4.79 Å². The Labute approximate surface area is 145 Å². The average molecular weight is 350 g/mol. The van der Waals surface area contributed by atoms with Crippen molar-refractivity contribution in [2.45, 2.75) is 6.42 Å². The van der Waals surface area contributed by atoms with Gasteiger partial charge in [0.25, 0.3) is 0 Å². The number of hydrogen-bond donors (Lipinski definition) is 1. The van der Waals surface area contributed by atoms with E-state index in [1.54, 1.807) is 25.6 Å². The fraction of sp³-hybridized carbons (Fsp3) is 0.353. The number of nitrogens with one attached hydrogen (secondary N) is 1. The van der Waals surface area contributed by atoms with Crippen LogP contribution in [0.25, 0.3) is 0 Å². The van der Waals surface area contributed by atoms with Gasteiger partial charge in [0.05, 0.1) is 25.8 Å². The predicted molar refractivity (Wildman–Crippen MR) is 96.4 cm³/mol. The molecule has 1 aliphatic rings. The van der Waals surface area contributed by atoms with Crippen LogP contribution in [0.4, 0.5) is 11.4 Å². The van der Waals surface area contributed by atoms with Crippen LogP contribution >= 0.6 is 11.3 Å². The van der Waals surface area contributed by atoms with Gasteiger partial charge >= 0.3 is 0 Å². The average Bonchev–Trinajstić information content (AvgIpc) is 3.25. The minimum absolute atomic E-state index is 0. The van der Waals surface area contributed by atoms with Gasteiger partial charge in [-0.05, 0) is 30.0 Å². The van der Waals surface area contributed by atoms with Crippen LogP contribution in [0.2, 0.25) is 0 Å². The zero-order valence-electron chi connectivity index (χ0n) is 13.7. The lowest BCUT2D eigenvalue weighted by Crippen LogP contribution is -2.26. The van der Waals surface area contributed by atoms with Crippen molar-refractivity contribution in [3.63, 3.8) is 0 Å². The summed E-state index contributed by atoms with van der Waals surface area (Å²) in [5, 5.41) is 6.88. The van der Waals surface area contributed by atoms with E-state index in [0.29, 0.717) is 18.0 Å². The Balaban J connectivity index is 0.00000208. The molecule has 1 unspecified atom stereocenters. The summed E-state index contributed by atoms with van der Waals surface area (Å²) in [5.74, 6) is 1.51. The first-order valence-corrected chi connectivity index (χ1v) is 8.45. The molecule has 24 heavy (non-hydrogen) atoms. The number of carbonyl (C=O) groups excluding carboxylic acids is 1. The van der Waals surface area contributed by atoms with Crippen molar-refractivity contribution in [2.75, 3.05) is 37.5 Å². The molecule has 7 heteroatoms. The van der Waals surface area contributed by atoms with E-state index in [2.05, 4.69) is 10.2 Å². The molecule has 1 aromatic carbocycles. The van der Waals surface area contributed by atoms with Gasteiger partial charge in [0.2, 0.25) is 5.91 Å². The number of hydrogen-bond acceptors (Lipinski definition) is 5. The fourth-order valence-electron chi connectivity index (χ4n) is 2.81. The van der Waals surface area contributed by atoms with Crippen molar-refractivity contribution in [3.05, 3.63) is 35.0 Å². The van der Waals surface area contributed by atoms with Crippen LogP contribution in [0.15, 0.2) is 35.0 Å². The maximum atomic E-state index is 12.3. The smallest absolute Gasteiger partial charge is 0.229 e. The lowest BCUT2D eigenvalue weighted by Gasteiger charge is -2.20. The van der Waals surface area contributed by atoms with Gasteiger partial charge in [-0.2, -0.15) is 11.3 Å². The Morgan fingerprint density at radius 2 is 2.04 bits per heavy atom. The third kappa shape index (κ3) is 3.80. The lowest BCUT2D eigenvalue weighted by molar-refractivity contribution is -0.119. The first-order chi connectivity index (χ1) is 11.2. The largest absolute Gasteiger partial charge is 0.493 e. The first kappa shape index (κ1) is 18.1. The minimum atomic E-state index is 0. The van der Waals surface area contributed by atoms with Crippen LogP contribution in [0.1, 0.15) is 6.42 Å². The second-order valence-electron chi connectivity index (χ2n) is 5.47. The number of carbonyl (C=O) groups is 1. The number of nitrogens with zero attached hydrogens (tertiary/aromatic N) is 1. The van der Waals surface area contributed by atoms with Crippen LogP contribution in [0, 0.1) is 5.92 Å². The molecule has 6 nitrogen and oxygen atoms in total. The SMILES string of the molecule is COc1ccc(N2CCC(C(=O)Nc3ccsc3)C2)cc1OC.O. The maximum Gasteiger partial charge on any atom is 0.229 e. The molecule has 1 saturated heterocycles. The minimum Gasteiger partial charge on any atom is -0.493 e. The summed E-state index contributed by atoms with van der Waals surface area (Å²) in [5.41, 5.74) is 1.93. The molecule has 2 aromatic rings. The predicted octanol–water partition coefficient (Wildman–Crippen LogP) is 2.41. The number of rotatable bonds is 5. The Morgan fingerprint density at radius 3 is 2.71 bits per heavy atom. The van der Waals surface area contributed by atoms with E-state index < -0.39 is 0 Å². The molecule has 1 atom stereocenters. The van der Waals surface area contributed by atoms with E-state index in [-0.39, 0.29) is 17.3 Å². The third-order valence-electron chi connectivity index (χ3n) is 4.08. The highest BCUT2D eigenvalue weighted by atomic mass is 32.1. The zero-order chi connectivity index (χ0) is 16.2. The van der Waals surface area contributed by atoms with Gasteiger partial charge in [-0.25, -0.2) is 0 Å². The molecule has 0 spiro atoms. The normalized spacial score (nSPS) is 16.4. The number of thiophene rings is 1. The van der Waals surface area contributed by atoms with E-state index in [0.717, 1.165) is 24.3 Å². The summed E-state index contributed by atoms with van der Waals surface area (Å²) in [7, 11) is 3.25. The molecule has 3 rings (SSSR count). The number of anilines is 2. The van der Waals surface area contributed by atoms with Crippen LogP contribution in [-0.4, -0.2) is 38.7 Å². The van der Waals surface area contributed by atoms with Crippen molar-refractivity contribution in [1.29, 1.82) is 0 Å². The standard InChI is InChI=1S/C17H20N2O3S.H2O/c1-21-15-4-3-14(9-16(15)22-2)19-7-5-12(10-19)17(20)18-13-6-8-23-11-13;/h3-4,6,8-9,11-12H,5,7,10H2,1-2H3,(H,18,20);1H2. The summed E-state index contributed by atoms with van der Waals surface area (Å²) in [6, 6.07) is 7.77. The van der Waals surface area contributed by atoms with Crippen molar-refractivity contribution < 1.29 is 19.7 Å². The van der Waals surface area contributed by atoms with Crippen molar-refractivity contribution >= 4 is 28.6 Å². The van der Waals surface area contributed by atoms with Gasteiger partial charge in [0.1, 0.15) is 0 Å². The van der Waals surface area contributed by atoms with Crippen LogP contribution in [0.3, 0.4) is 0 Å². The Bertz CT molecular complexity index is 675. The highest BCUT2D eigenvalue weighted by molar-refractivity contribution is 7.08. The van der Waals surface area contributed by atoms with E-state index >= 15 is 0 Å². The van der Waals surface area contributed by atoms with E-state index in [9.17, 15) is 4.79 Å². The lowest BCUT2D eigenvalue weighted by atomic mass is 10.1. The molecule has 0 radical (unpaired) electrons. The fourth-order valence-corrected chi connectivity index (χ4v) is 3.40. The van der Waals surface area contributed by atoms with Gasteiger partial charge in [-0.3, -0.25) is 4.79 Å². The molecule has 1 aromatic heterocycles. The quantitative estimate of drug-likeness (QED) is 0.898. The summed E-state index contributed by atoms with van der Waals surface area (Å²) < 4.78 is 10.6. The summed E-state index contributed by atoms with van der Waals surface area (Å²) in [6.07, 6.45) is 0.852. The van der Waals surface area contributed by atoms with Crippen molar-refractivity contribution in [2.24, 2.45) is 5.92 Å². The molecule has 3 N–H and O–H groups in total. The van der Waals surface area contributed by atoms with Gasteiger partial charge < -0.3 is 25.2 Å². The molecule has 130 valence electrons. The Hall–Kier alpha value is -2.25. The molecule has 1 aliphatic heterocycles.